The maximum absolute atomic E-state index is 11.3. The third kappa shape index (κ3) is 17.6. The molecule has 6 nitrogen and oxygen atoms in total. The first-order chi connectivity index (χ1) is 9.20. The molecule has 1 rings (SSSR count). The molecule has 0 saturated heterocycles. The molecule has 0 spiro atoms. The Morgan fingerprint density at radius 3 is 2.33 bits per heavy atom. The number of ether oxygens (including phenoxy) is 2. The number of carbonyl (C=O) groups excluding carboxylic acids is 1. The minimum Gasteiger partial charge on any atom is -0.438 e. The first-order valence-corrected chi connectivity index (χ1v) is 6.51. The van der Waals surface area contributed by atoms with Gasteiger partial charge in [-0.3, -0.25) is 10.0 Å². The van der Waals surface area contributed by atoms with Crippen LogP contribution in [0.5, 0.6) is 0 Å². The zero-order valence-corrected chi connectivity index (χ0v) is 16.7. The largest absolute Gasteiger partial charge is 0.438 e. The van der Waals surface area contributed by atoms with Crippen LogP contribution < -0.4 is 5.10 Å². The summed E-state index contributed by atoms with van der Waals surface area (Å²) in [7, 11) is 0. The van der Waals surface area contributed by atoms with Crippen molar-refractivity contribution in [1.29, 1.82) is 0 Å². The summed E-state index contributed by atoms with van der Waals surface area (Å²) in [6.45, 7) is 12.3. The molecule has 0 aliphatic heterocycles. The summed E-state index contributed by atoms with van der Waals surface area (Å²) < 4.78 is 9.96. The topological polar surface area (TPSA) is 75.4 Å². The molecule has 0 aliphatic rings. The van der Waals surface area contributed by atoms with Crippen molar-refractivity contribution in [3.8, 4) is 0 Å². The van der Waals surface area contributed by atoms with E-state index in [9.17, 15) is 4.79 Å². The van der Waals surface area contributed by atoms with Gasteiger partial charge in [-0.05, 0) is 11.1 Å². The number of hydrogen-bond acceptors (Lipinski definition) is 5. The van der Waals surface area contributed by atoms with Crippen LogP contribution in [0.2, 0.25) is 0 Å². The van der Waals surface area contributed by atoms with Crippen LogP contribution >= 0.6 is 0 Å². The quantitative estimate of drug-likeness (QED) is 0.342. The Labute approximate surface area is 152 Å². The molecule has 0 N–H and O–H groups in total. The zero-order chi connectivity index (χ0) is 15.6. The van der Waals surface area contributed by atoms with Crippen molar-refractivity contribution >= 4 is 5.97 Å². The van der Waals surface area contributed by atoms with E-state index in [0.29, 0.717) is 12.1 Å². The number of aromatic nitrogens is 3. The predicted molar refractivity (Wildman–Crippen MR) is 75.4 cm³/mol. The Bertz CT molecular complexity index is 359. The van der Waals surface area contributed by atoms with E-state index in [1.54, 1.807) is 0 Å². The van der Waals surface area contributed by atoms with E-state index < -0.39 is 0 Å². The fourth-order valence-electron chi connectivity index (χ4n) is 1.01. The number of hydrogen-bond donors (Lipinski definition) is 0. The second-order valence-electron chi connectivity index (χ2n) is 6.15. The van der Waals surface area contributed by atoms with Crippen LogP contribution in [-0.4, -0.2) is 23.1 Å². The van der Waals surface area contributed by atoms with E-state index in [2.05, 4.69) is 36.2 Å². The van der Waals surface area contributed by atoms with Gasteiger partial charge < -0.3 is 25.6 Å². The Balaban J connectivity index is 0. The van der Waals surface area contributed by atoms with Crippen molar-refractivity contribution in [1.82, 2.24) is 15.4 Å². The first-order valence-electron chi connectivity index (χ1n) is 6.51. The molecule has 0 atom stereocenters. The number of carbonyl (C=O) groups is 1. The van der Waals surface area contributed by atoms with E-state index in [1.165, 1.54) is 12.1 Å². The van der Waals surface area contributed by atoms with Gasteiger partial charge in [-0.2, -0.15) is 20.8 Å². The molecule has 7 heteroatoms. The van der Waals surface area contributed by atoms with Crippen molar-refractivity contribution in [3.63, 3.8) is 0 Å². The van der Waals surface area contributed by atoms with Gasteiger partial charge in [0.15, 0.2) is 6.79 Å². The summed E-state index contributed by atoms with van der Waals surface area (Å²) in [5.74, 6) is 1.15. The Hall–Kier alpha value is -0.326. The van der Waals surface area contributed by atoms with Gasteiger partial charge in [0.05, 0.1) is 13.0 Å². The molecule has 0 amide bonds. The molecule has 0 bridgehead atoms. The van der Waals surface area contributed by atoms with E-state index in [4.69, 9.17) is 9.47 Å². The minimum absolute atomic E-state index is 0. The van der Waals surface area contributed by atoms with Gasteiger partial charge in [0.2, 0.25) is 0 Å². The normalized spacial score (nSPS) is 10.4. The molecule has 0 fully saturated rings. The van der Waals surface area contributed by atoms with E-state index >= 15 is 0 Å². The van der Waals surface area contributed by atoms with E-state index in [1.807, 2.05) is 20.8 Å². The molecular weight excluding hydrogens is 347 g/mol. The average Bonchev–Trinajstić information content (AvgIpc) is 2.73. The number of esters is 1. The van der Waals surface area contributed by atoms with Crippen LogP contribution in [0.1, 0.15) is 53.7 Å². The third-order valence-electron chi connectivity index (χ3n) is 1.66. The van der Waals surface area contributed by atoms with Crippen molar-refractivity contribution in [3.05, 3.63) is 17.8 Å². The first kappa shape index (κ1) is 22.9. The second kappa shape index (κ2) is 12.2. The van der Waals surface area contributed by atoms with Gasteiger partial charge >= 0.3 is 5.97 Å². The fourth-order valence-corrected chi connectivity index (χ4v) is 1.01. The van der Waals surface area contributed by atoms with Crippen LogP contribution in [0.15, 0.2) is 6.20 Å². The van der Waals surface area contributed by atoms with Crippen molar-refractivity contribution < 1.29 is 47.0 Å². The van der Waals surface area contributed by atoms with Crippen LogP contribution in [0.3, 0.4) is 0 Å². The smallest absolute Gasteiger partial charge is 0.308 e. The summed E-state index contributed by atoms with van der Waals surface area (Å²) in [5, 5.41) is 10.6. The van der Waals surface area contributed by atoms with Crippen LogP contribution in [0.4, 0.5) is 0 Å². The Morgan fingerprint density at radius 1 is 1.33 bits per heavy atom. The molecule has 0 aliphatic carbocycles. The summed E-state index contributed by atoms with van der Waals surface area (Å²) in [6.07, 6.45) is 1.87. The van der Waals surface area contributed by atoms with E-state index in [-0.39, 0.29) is 57.5 Å². The summed E-state index contributed by atoms with van der Waals surface area (Å²) in [5.41, 5.74) is 0.546. The molecular formula is C14H25N3O3Y-2. The minimum atomic E-state index is -0.265. The van der Waals surface area contributed by atoms with Crippen LogP contribution in [0.25, 0.3) is 0 Å². The van der Waals surface area contributed by atoms with Gasteiger partial charge in [-0.15, -0.1) is 0 Å². The van der Waals surface area contributed by atoms with E-state index in [0.717, 1.165) is 0 Å². The molecule has 1 aromatic rings. The molecule has 0 aromatic carbocycles. The van der Waals surface area contributed by atoms with Crippen LogP contribution in [-0.2, 0) is 53.6 Å². The van der Waals surface area contributed by atoms with Crippen molar-refractivity contribution in [2.45, 2.75) is 54.6 Å². The van der Waals surface area contributed by atoms with Crippen molar-refractivity contribution in [2.24, 2.45) is 5.41 Å². The van der Waals surface area contributed by atoms with Gasteiger partial charge in [0, 0.05) is 32.7 Å². The molecule has 0 saturated carbocycles. The third-order valence-corrected chi connectivity index (χ3v) is 1.66. The zero-order valence-electron chi connectivity index (χ0n) is 13.8. The summed E-state index contributed by atoms with van der Waals surface area (Å²) >= 11 is 0. The molecule has 119 valence electrons. The van der Waals surface area contributed by atoms with Gasteiger partial charge in [-0.1, -0.05) is 27.0 Å². The fraction of sp³-hybridized carbons (Fsp3) is 0.714. The second-order valence-corrected chi connectivity index (χ2v) is 6.15. The summed E-state index contributed by atoms with van der Waals surface area (Å²) in [6, 6.07) is 0. The molecule has 1 aromatic heterocycles. The Morgan fingerprint density at radius 2 is 1.90 bits per heavy atom. The van der Waals surface area contributed by atoms with Gasteiger partial charge in [-0.25, -0.2) is 0 Å². The molecule has 1 radical (unpaired) electrons. The summed E-state index contributed by atoms with van der Waals surface area (Å²) in [4.78, 5) is 11.3. The average molecular weight is 372 g/mol. The maximum atomic E-state index is 11.3. The Kier molecular flexibility index (Phi) is 13.4. The predicted octanol–water partition coefficient (Wildman–Crippen LogP) is 2.51. The molecule has 21 heavy (non-hydrogen) atoms. The number of nitrogens with zero attached hydrogens (tertiary/aromatic N) is 3. The monoisotopic (exact) mass is 372 g/mol. The van der Waals surface area contributed by atoms with Crippen LogP contribution in [0, 0.1) is 11.3 Å². The van der Waals surface area contributed by atoms with Gasteiger partial charge in [0.25, 0.3) is 0 Å². The standard InChI is InChI=1S/C10H16N3O3.C4H9.Y/c1-10(2,3)4-9(14)16-7-15-6-8-5-11-13-12-8;1-4(2)3;/h5H,4,6-7H2,1-3H3;1-3H3;/q2*-1;. The maximum Gasteiger partial charge on any atom is 0.308 e. The molecule has 0 unspecified atom stereocenters. The number of rotatable bonds is 5. The van der Waals surface area contributed by atoms with Crippen molar-refractivity contribution in [2.75, 3.05) is 6.79 Å². The SMILES string of the molecule is CC(C)(C)CC(=O)OCOCc1c[n-]nn1.C[C-](C)C.[Y]. The van der Waals surface area contributed by atoms with Gasteiger partial charge in [0.1, 0.15) is 0 Å². The molecule has 1 heterocycles.